The molecule has 0 N–H and O–H groups in total. The Balaban J connectivity index is 3.05. The van der Waals surface area contributed by atoms with Gasteiger partial charge in [0.25, 0.3) is 0 Å². The van der Waals surface area contributed by atoms with E-state index in [2.05, 4.69) is 15.9 Å². The van der Waals surface area contributed by atoms with Crippen LogP contribution >= 0.6 is 27.5 Å². The standard InChI is InChI=1S/C9H7BrClFO/c10-5-4-8(13)9-6(11)2-1-3-7(9)12/h1-3H,4-5H2. The zero-order chi connectivity index (χ0) is 9.84. The smallest absolute Gasteiger partial charge is 0.168 e. The summed E-state index contributed by atoms with van der Waals surface area (Å²) in [6.07, 6.45) is 0.251. The van der Waals surface area contributed by atoms with Crippen molar-refractivity contribution in [3.8, 4) is 0 Å². The van der Waals surface area contributed by atoms with Crippen molar-refractivity contribution in [3.63, 3.8) is 0 Å². The van der Waals surface area contributed by atoms with Crippen molar-refractivity contribution in [2.24, 2.45) is 0 Å². The molecule has 4 heteroatoms. The summed E-state index contributed by atoms with van der Waals surface area (Å²) in [7, 11) is 0. The number of Topliss-reactive ketones (excluding diaryl/α,β-unsaturated/α-hetero) is 1. The van der Waals surface area contributed by atoms with Crippen LogP contribution in [0, 0.1) is 5.82 Å². The van der Waals surface area contributed by atoms with Crippen LogP contribution < -0.4 is 0 Å². The number of ketones is 1. The van der Waals surface area contributed by atoms with Crippen LogP contribution in [-0.2, 0) is 0 Å². The quantitative estimate of drug-likeness (QED) is 0.604. The van der Waals surface area contributed by atoms with Crippen LogP contribution in [-0.4, -0.2) is 11.1 Å². The van der Waals surface area contributed by atoms with E-state index in [0.29, 0.717) is 5.33 Å². The van der Waals surface area contributed by atoms with Gasteiger partial charge in [0.2, 0.25) is 0 Å². The van der Waals surface area contributed by atoms with Crippen LogP contribution in [0.2, 0.25) is 5.02 Å². The monoisotopic (exact) mass is 264 g/mol. The van der Waals surface area contributed by atoms with Crippen molar-refractivity contribution in [2.45, 2.75) is 6.42 Å². The molecule has 0 saturated heterocycles. The van der Waals surface area contributed by atoms with Gasteiger partial charge in [-0.25, -0.2) is 4.39 Å². The molecular weight excluding hydrogens is 258 g/mol. The van der Waals surface area contributed by atoms with Gasteiger partial charge in [0.15, 0.2) is 5.78 Å². The molecule has 0 spiro atoms. The maximum Gasteiger partial charge on any atom is 0.168 e. The fourth-order valence-electron chi connectivity index (χ4n) is 0.975. The summed E-state index contributed by atoms with van der Waals surface area (Å²) in [6.45, 7) is 0. The Bertz CT molecular complexity index is 307. The largest absolute Gasteiger partial charge is 0.294 e. The Morgan fingerprint density at radius 1 is 1.54 bits per heavy atom. The van der Waals surface area contributed by atoms with Crippen molar-refractivity contribution in [1.29, 1.82) is 0 Å². The van der Waals surface area contributed by atoms with E-state index < -0.39 is 5.82 Å². The summed E-state index contributed by atoms with van der Waals surface area (Å²) in [4.78, 5) is 11.3. The van der Waals surface area contributed by atoms with Gasteiger partial charge >= 0.3 is 0 Å². The molecule has 0 unspecified atom stereocenters. The SMILES string of the molecule is O=C(CCBr)c1c(F)cccc1Cl. The second-order valence-corrected chi connectivity index (χ2v) is 3.66. The molecule has 0 aliphatic rings. The molecule has 0 fully saturated rings. The molecule has 0 aromatic heterocycles. The number of alkyl halides is 1. The van der Waals surface area contributed by atoms with E-state index in [1.54, 1.807) is 0 Å². The van der Waals surface area contributed by atoms with Crippen molar-refractivity contribution < 1.29 is 9.18 Å². The molecule has 70 valence electrons. The Labute approximate surface area is 89.0 Å². The predicted octanol–water partition coefficient (Wildman–Crippen LogP) is 3.45. The molecule has 13 heavy (non-hydrogen) atoms. The van der Waals surface area contributed by atoms with Crippen LogP contribution in [0.25, 0.3) is 0 Å². The molecule has 0 heterocycles. The van der Waals surface area contributed by atoms with Gasteiger partial charge in [-0.1, -0.05) is 33.6 Å². The first-order chi connectivity index (χ1) is 6.16. The molecule has 0 radical (unpaired) electrons. The van der Waals surface area contributed by atoms with E-state index in [1.165, 1.54) is 18.2 Å². The molecule has 1 aromatic carbocycles. The Kier molecular flexibility index (Phi) is 3.88. The van der Waals surface area contributed by atoms with Crippen molar-refractivity contribution >= 4 is 33.3 Å². The van der Waals surface area contributed by atoms with Gasteiger partial charge in [-0.15, -0.1) is 0 Å². The van der Waals surface area contributed by atoms with Gasteiger partial charge in [0.05, 0.1) is 10.6 Å². The third-order valence-electron chi connectivity index (χ3n) is 1.56. The minimum Gasteiger partial charge on any atom is -0.294 e. The lowest BCUT2D eigenvalue weighted by atomic mass is 10.1. The van der Waals surface area contributed by atoms with Crippen LogP contribution in [0.3, 0.4) is 0 Å². The highest BCUT2D eigenvalue weighted by molar-refractivity contribution is 9.09. The average Bonchev–Trinajstić information content (AvgIpc) is 2.04. The first-order valence-corrected chi connectivity index (χ1v) is 5.20. The second kappa shape index (κ2) is 4.72. The Morgan fingerprint density at radius 3 is 2.77 bits per heavy atom. The van der Waals surface area contributed by atoms with Gasteiger partial charge in [0.1, 0.15) is 5.82 Å². The van der Waals surface area contributed by atoms with Gasteiger partial charge in [-0.3, -0.25) is 4.79 Å². The first kappa shape index (κ1) is 10.7. The van der Waals surface area contributed by atoms with Crippen LogP contribution in [0.1, 0.15) is 16.8 Å². The summed E-state index contributed by atoms with van der Waals surface area (Å²) in [5.74, 6) is -0.835. The van der Waals surface area contributed by atoms with Crippen LogP contribution in [0.15, 0.2) is 18.2 Å². The first-order valence-electron chi connectivity index (χ1n) is 3.70. The van der Waals surface area contributed by atoms with E-state index in [1.807, 2.05) is 0 Å². The lowest BCUT2D eigenvalue weighted by molar-refractivity contribution is 0.0986. The fraction of sp³-hybridized carbons (Fsp3) is 0.222. The van der Waals surface area contributed by atoms with E-state index in [0.717, 1.165) is 0 Å². The highest BCUT2D eigenvalue weighted by Crippen LogP contribution is 2.20. The summed E-state index contributed by atoms with van der Waals surface area (Å²) >= 11 is 8.79. The van der Waals surface area contributed by atoms with Crippen LogP contribution in [0.4, 0.5) is 4.39 Å². The van der Waals surface area contributed by atoms with Gasteiger partial charge in [-0.05, 0) is 12.1 Å². The number of carbonyl (C=O) groups is 1. The molecular formula is C9H7BrClFO. The third-order valence-corrected chi connectivity index (χ3v) is 2.27. The second-order valence-electron chi connectivity index (χ2n) is 2.46. The molecule has 0 saturated carbocycles. The van der Waals surface area contributed by atoms with E-state index in [4.69, 9.17) is 11.6 Å². The maximum atomic E-state index is 13.1. The number of hydrogen-bond acceptors (Lipinski definition) is 1. The number of halogens is 3. The van der Waals surface area contributed by atoms with Crippen molar-refractivity contribution in [1.82, 2.24) is 0 Å². The topological polar surface area (TPSA) is 17.1 Å². The maximum absolute atomic E-state index is 13.1. The number of carbonyl (C=O) groups excluding carboxylic acids is 1. The number of hydrogen-bond donors (Lipinski definition) is 0. The highest BCUT2D eigenvalue weighted by Gasteiger charge is 2.14. The normalized spacial score (nSPS) is 10.1. The fourth-order valence-corrected chi connectivity index (χ4v) is 1.60. The lowest BCUT2D eigenvalue weighted by Gasteiger charge is -2.02. The molecule has 0 atom stereocenters. The van der Waals surface area contributed by atoms with E-state index in [9.17, 15) is 9.18 Å². The summed E-state index contributed by atoms with van der Waals surface area (Å²) in [5, 5.41) is 0.683. The molecule has 0 amide bonds. The molecule has 0 bridgehead atoms. The highest BCUT2D eigenvalue weighted by atomic mass is 79.9. The Morgan fingerprint density at radius 2 is 2.23 bits per heavy atom. The summed E-state index contributed by atoms with van der Waals surface area (Å²) < 4.78 is 13.1. The van der Waals surface area contributed by atoms with Crippen LogP contribution in [0.5, 0.6) is 0 Å². The van der Waals surface area contributed by atoms with Gasteiger partial charge in [0, 0.05) is 11.8 Å². The Hall–Kier alpha value is -0.410. The van der Waals surface area contributed by atoms with Gasteiger partial charge in [-0.2, -0.15) is 0 Å². The van der Waals surface area contributed by atoms with Crippen molar-refractivity contribution in [3.05, 3.63) is 34.6 Å². The average molecular weight is 266 g/mol. The zero-order valence-electron chi connectivity index (χ0n) is 6.69. The van der Waals surface area contributed by atoms with E-state index >= 15 is 0 Å². The zero-order valence-corrected chi connectivity index (χ0v) is 9.03. The molecule has 0 aliphatic heterocycles. The summed E-state index contributed by atoms with van der Waals surface area (Å²) in [6, 6.07) is 4.21. The molecule has 0 aliphatic carbocycles. The van der Waals surface area contributed by atoms with Crippen molar-refractivity contribution in [2.75, 3.05) is 5.33 Å². The predicted molar refractivity (Wildman–Crippen MR) is 54.2 cm³/mol. The van der Waals surface area contributed by atoms with Gasteiger partial charge < -0.3 is 0 Å². The minimum atomic E-state index is -0.557. The van der Waals surface area contributed by atoms with E-state index in [-0.39, 0.29) is 22.8 Å². The summed E-state index contributed by atoms with van der Waals surface area (Å²) in [5.41, 5.74) is -0.0105. The lowest BCUT2D eigenvalue weighted by Crippen LogP contribution is -2.03. The number of benzene rings is 1. The molecule has 1 rings (SSSR count). The molecule has 1 aromatic rings. The minimum absolute atomic E-state index is 0.0105. The third kappa shape index (κ3) is 2.51. The molecule has 1 nitrogen and oxygen atoms in total. The number of rotatable bonds is 3.